The molecule has 0 radical (unpaired) electrons. The molecule has 7 heteroatoms. The van der Waals surface area contributed by atoms with E-state index in [1.54, 1.807) is 6.07 Å². The van der Waals surface area contributed by atoms with E-state index in [2.05, 4.69) is 27.1 Å². The van der Waals surface area contributed by atoms with Gasteiger partial charge in [0.2, 0.25) is 0 Å². The smallest absolute Gasteiger partial charge is 0.272 e. The molecule has 1 aromatic rings. The van der Waals surface area contributed by atoms with E-state index in [4.69, 9.17) is 4.74 Å². The summed E-state index contributed by atoms with van der Waals surface area (Å²) in [7, 11) is 0. The van der Waals surface area contributed by atoms with E-state index < -0.39 is 0 Å². The monoisotopic (exact) mass is 333 g/mol. The summed E-state index contributed by atoms with van der Waals surface area (Å²) in [5, 5.41) is 3.29. The van der Waals surface area contributed by atoms with Gasteiger partial charge in [0.05, 0.1) is 6.10 Å². The van der Waals surface area contributed by atoms with E-state index in [9.17, 15) is 4.79 Å². The molecule has 1 amide bonds. The largest absolute Gasteiger partial charge is 0.376 e. The second kappa shape index (κ2) is 7.90. The molecule has 0 aliphatic carbocycles. The molecular formula is C17H27N5O2. The summed E-state index contributed by atoms with van der Waals surface area (Å²) in [5.41, 5.74) is 0.474. The van der Waals surface area contributed by atoms with Crippen LogP contribution in [0.25, 0.3) is 0 Å². The first-order valence-corrected chi connectivity index (χ1v) is 8.88. The number of carbonyl (C=O) groups is 1. The first-order valence-electron chi connectivity index (χ1n) is 8.88. The summed E-state index contributed by atoms with van der Waals surface area (Å²) in [4.78, 5) is 25.7. The van der Waals surface area contributed by atoms with Gasteiger partial charge in [-0.25, -0.2) is 9.97 Å². The van der Waals surface area contributed by atoms with Gasteiger partial charge in [-0.2, -0.15) is 0 Å². The molecule has 3 rings (SSSR count). The van der Waals surface area contributed by atoms with Crippen LogP contribution in [-0.2, 0) is 4.74 Å². The van der Waals surface area contributed by atoms with Crippen LogP contribution in [0.2, 0.25) is 0 Å². The molecule has 7 nitrogen and oxygen atoms in total. The van der Waals surface area contributed by atoms with Gasteiger partial charge in [0.25, 0.3) is 5.91 Å². The van der Waals surface area contributed by atoms with Crippen LogP contribution in [0, 0.1) is 6.92 Å². The number of anilines is 1. The van der Waals surface area contributed by atoms with Crippen molar-refractivity contribution >= 4 is 11.7 Å². The fraction of sp³-hybridized carbons (Fsp3) is 0.706. The van der Waals surface area contributed by atoms with Gasteiger partial charge in [0, 0.05) is 45.4 Å². The Labute approximate surface area is 143 Å². The molecule has 132 valence electrons. The number of amides is 1. The van der Waals surface area contributed by atoms with Gasteiger partial charge < -0.3 is 19.9 Å². The summed E-state index contributed by atoms with van der Waals surface area (Å²) < 4.78 is 5.61. The lowest BCUT2D eigenvalue weighted by atomic mass is 10.2. The minimum Gasteiger partial charge on any atom is -0.376 e. The van der Waals surface area contributed by atoms with E-state index in [1.165, 1.54) is 0 Å². The number of hydrogen-bond acceptors (Lipinski definition) is 6. The number of nitrogens with one attached hydrogen (secondary N) is 1. The fourth-order valence-electron chi connectivity index (χ4n) is 3.22. The van der Waals surface area contributed by atoms with Crippen molar-refractivity contribution in [1.29, 1.82) is 0 Å². The maximum atomic E-state index is 12.7. The summed E-state index contributed by atoms with van der Waals surface area (Å²) in [6.45, 7) is 9.93. The molecule has 2 saturated heterocycles. The quantitative estimate of drug-likeness (QED) is 0.872. The molecule has 0 spiro atoms. The second-order valence-electron chi connectivity index (χ2n) is 6.43. The Morgan fingerprint density at radius 3 is 2.79 bits per heavy atom. The van der Waals surface area contributed by atoms with E-state index >= 15 is 0 Å². The molecule has 1 unspecified atom stereocenters. The van der Waals surface area contributed by atoms with E-state index in [0.29, 0.717) is 17.3 Å². The van der Waals surface area contributed by atoms with Crippen LogP contribution in [0.15, 0.2) is 6.07 Å². The molecule has 0 aromatic carbocycles. The molecule has 1 N–H and O–H groups in total. The molecule has 2 fully saturated rings. The number of hydrogen-bond donors (Lipinski definition) is 1. The first-order chi connectivity index (χ1) is 11.7. The first kappa shape index (κ1) is 17.1. The third-order valence-electron chi connectivity index (χ3n) is 4.70. The van der Waals surface area contributed by atoms with Crippen molar-refractivity contribution in [3.63, 3.8) is 0 Å². The van der Waals surface area contributed by atoms with Crippen molar-refractivity contribution in [2.24, 2.45) is 0 Å². The lowest BCUT2D eigenvalue weighted by Crippen LogP contribution is -2.48. The Hall–Kier alpha value is -1.73. The van der Waals surface area contributed by atoms with Crippen LogP contribution >= 0.6 is 0 Å². The van der Waals surface area contributed by atoms with E-state index in [-0.39, 0.29) is 12.0 Å². The predicted octanol–water partition coefficient (Wildman–Crippen LogP) is 1.15. The Kier molecular flexibility index (Phi) is 5.63. The van der Waals surface area contributed by atoms with Crippen molar-refractivity contribution in [1.82, 2.24) is 19.8 Å². The number of piperazine rings is 1. The average Bonchev–Trinajstić information content (AvgIpc) is 3.12. The zero-order valence-corrected chi connectivity index (χ0v) is 14.6. The maximum absolute atomic E-state index is 12.7. The predicted molar refractivity (Wildman–Crippen MR) is 92.3 cm³/mol. The van der Waals surface area contributed by atoms with Gasteiger partial charge >= 0.3 is 0 Å². The molecule has 0 bridgehead atoms. The number of aryl methyl sites for hydroxylation is 1. The number of nitrogens with zero attached hydrogens (tertiary/aromatic N) is 4. The lowest BCUT2D eigenvalue weighted by molar-refractivity contribution is 0.0637. The summed E-state index contributed by atoms with van der Waals surface area (Å²) in [6, 6.07) is 1.76. The molecule has 2 aliphatic heterocycles. The van der Waals surface area contributed by atoms with Crippen LogP contribution < -0.4 is 5.32 Å². The highest BCUT2D eigenvalue weighted by atomic mass is 16.5. The fourth-order valence-corrected chi connectivity index (χ4v) is 3.22. The van der Waals surface area contributed by atoms with E-state index in [0.717, 1.165) is 58.7 Å². The van der Waals surface area contributed by atoms with Gasteiger partial charge in [0.1, 0.15) is 17.3 Å². The van der Waals surface area contributed by atoms with E-state index in [1.807, 2.05) is 11.8 Å². The zero-order chi connectivity index (χ0) is 16.9. The number of aromatic nitrogens is 2. The molecule has 1 aromatic heterocycles. The van der Waals surface area contributed by atoms with Crippen LogP contribution in [0.1, 0.15) is 36.1 Å². The van der Waals surface area contributed by atoms with Crippen molar-refractivity contribution in [3.05, 3.63) is 17.6 Å². The van der Waals surface area contributed by atoms with Gasteiger partial charge in [0.15, 0.2) is 0 Å². The van der Waals surface area contributed by atoms with Crippen molar-refractivity contribution in [2.75, 3.05) is 51.2 Å². The van der Waals surface area contributed by atoms with Crippen LogP contribution in [0.3, 0.4) is 0 Å². The number of carbonyl (C=O) groups excluding carboxylic acids is 1. The minimum absolute atomic E-state index is 0.00332. The highest BCUT2D eigenvalue weighted by molar-refractivity contribution is 5.93. The lowest BCUT2D eigenvalue weighted by Gasteiger charge is -2.33. The van der Waals surface area contributed by atoms with Gasteiger partial charge in [-0.05, 0) is 26.3 Å². The van der Waals surface area contributed by atoms with Crippen molar-refractivity contribution in [2.45, 2.75) is 32.8 Å². The average molecular weight is 333 g/mol. The number of rotatable bonds is 5. The Morgan fingerprint density at radius 2 is 2.12 bits per heavy atom. The summed E-state index contributed by atoms with van der Waals surface area (Å²) in [6.07, 6.45) is 2.43. The van der Waals surface area contributed by atoms with Crippen molar-refractivity contribution in [3.8, 4) is 0 Å². The third kappa shape index (κ3) is 4.21. The Balaban J connectivity index is 1.63. The van der Waals surface area contributed by atoms with Gasteiger partial charge in [-0.3, -0.25) is 4.79 Å². The van der Waals surface area contributed by atoms with Crippen molar-refractivity contribution < 1.29 is 9.53 Å². The topological polar surface area (TPSA) is 70.6 Å². The second-order valence-corrected chi connectivity index (χ2v) is 6.43. The molecule has 24 heavy (non-hydrogen) atoms. The SMILES string of the molecule is CCN1CCN(C(=O)c2cc(NCC3CCCO3)nc(C)n2)CC1. The normalized spacial score (nSPS) is 21.9. The summed E-state index contributed by atoms with van der Waals surface area (Å²) in [5.74, 6) is 1.31. The summed E-state index contributed by atoms with van der Waals surface area (Å²) >= 11 is 0. The Bertz CT molecular complexity index is 566. The number of likely N-dealkylation sites (N-methyl/N-ethyl adjacent to an activating group) is 1. The maximum Gasteiger partial charge on any atom is 0.272 e. The molecular weight excluding hydrogens is 306 g/mol. The Morgan fingerprint density at radius 1 is 1.33 bits per heavy atom. The standard InChI is InChI=1S/C17H27N5O2/c1-3-21-6-8-22(9-7-21)17(23)15-11-16(20-13(2)19-15)18-12-14-5-4-10-24-14/h11,14H,3-10,12H2,1-2H3,(H,18,19,20). The highest BCUT2D eigenvalue weighted by Crippen LogP contribution is 2.15. The molecule has 2 aliphatic rings. The van der Waals surface area contributed by atoms with Gasteiger partial charge in [-0.1, -0.05) is 6.92 Å². The number of ether oxygens (including phenoxy) is 1. The third-order valence-corrected chi connectivity index (χ3v) is 4.70. The van der Waals surface area contributed by atoms with Crippen LogP contribution in [0.4, 0.5) is 5.82 Å². The zero-order valence-electron chi connectivity index (χ0n) is 14.6. The highest BCUT2D eigenvalue weighted by Gasteiger charge is 2.23. The molecule has 3 heterocycles. The van der Waals surface area contributed by atoms with Crippen LogP contribution in [-0.4, -0.2) is 77.7 Å². The molecule has 1 atom stereocenters. The molecule has 0 saturated carbocycles. The van der Waals surface area contributed by atoms with Gasteiger partial charge in [-0.15, -0.1) is 0 Å². The minimum atomic E-state index is -0.00332. The van der Waals surface area contributed by atoms with Crippen LogP contribution in [0.5, 0.6) is 0 Å².